The minimum absolute atomic E-state index is 0.263. The quantitative estimate of drug-likeness (QED) is 0.175. The molecule has 0 heterocycles. The van der Waals surface area contributed by atoms with Crippen LogP contribution in [0, 0.1) is 28.6 Å². The van der Waals surface area contributed by atoms with E-state index < -0.39 is 11.3 Å². The summed E-state index contributed by atoms with van der Waals surface area (Å²) in [6, 6.07) is 0. The maximum atomic E-state index is 12.9. The molecule has 31 heavy (non-hydrogen) atoms. The Kier molecular flexibility index (Phi) is 11.9. The number of ether oxygens (including phenoxy) is 2. The summed E-state index contributed by atoms with van der Waals surface area (Å²) in [5.41, 5.74) is -0.654. The molecule has 0 radical (unpaired) electrons. The van der Waals surface area contributed by atoms with Crippen LogP contribution in [0.2, 0.25) is 0 Å². The number of hydrogen-bond acceptors (Lipinski definition) is 4. The molecule has 0 saturated carbocycles. The number of esters is 2. The molecule has 1 aliphatic carbocycles. The highest BCUT2D eigenvalue weighted by atomic mass is 16.5. The van der Waals surface area contributed by atoms with E-state index in [2.05, 4.69) is 41.5 Å². The van der Waals surface area contributed by atoms with E-state index in [1.54, 1.807) is 0 Å². The van der Waals surface area contributed by atoms with Crippen molar-refractivity contribution in [3.8, 4) is 0 Å². The lowest BCUT2D eigenvalue weighted by atomic mass is 9.71. The normalized spacial score (nSPS) is 22.4. The third kappa shape index (κ3) is 10.7. The van der Waals surface area contributed by atoms with Crippen molar-refractivity contribution in [2.45, 2.75) is 106 Å². The van der Waals surface area contributed by atoms with Crippen LogP contribution in [0.15, 0.2) is 12.2 Å². The van der Waals surface area contributed by atoms with Gasteiger partial charge in [0.25, 0.3) is 0 Å². The zero-order valence-electron chi connectivity index (χ0n) is 21.3. The van der Waals surface area contributed by atoms with Gasteiger partial charge in [-0.05, 0) is 56.3 Å². The summed E-state index contributed by atoms with van der Waals surface area (Å²) in [4.78, 5) is 25.7. The van der Waals surface area contributed by atoms with Crippen molar-refractivity contribution in [2.75, 3.05) is 13.2 Å². The highest BCUT2D eigenvalue weighted by Gasteiger charge is 2.46. The number of carbonyl (C=O) groups excluding carboxylic acids is 2. The maximum Gasteiger partial charge on any atom is 0.316 e. The molecule has 0 N–H and O–H groups in total. The van der Waals surface area contributed by atoms with E-state index in [-0.39, 0.29) is 17.4 Å². The average Bonchev–Trinajstić information content (AvgIpc) is 2.65. The van der Waals surface area contributed by atoms with Gasteiger partial charge in [0.2, 0.25) is 0 Å². The molecule has 0 aromatic rings. The molecule has 1 rings (SSSR count). The van der Waals surface area contributed by atoms with Crippen molar-refractivity contribution in [2.24, 2.45) is 28.6 Å². The van der Waals surface area contributed by atoms with Gasteiger partial charge in [-0.2, -0.15) is 0 Å². The van der Waals surface area contributed by atoms with Gasteiger partial charge in [-0.15, -0.1) is 0 Å². The van der Waals surface area contributed by atoms with Gasteiger partial charge in [-0.1, -0.05) is 79.4 Å². The Morgan fingerprint density at radius 2 is 1.68 bits per heavy atom. The van der Waals surface area contributed by atoms with Gasteiger partial charge < -0.3 is 9.47 Å². The third-order valence-corrected chi connectivity index (χ3v) is 6.26. The Morgan fingerprint density at radius 3 is 2.32 bits per heavy atom. The van der Waals surface area contributed by atoms with Crippen LogP contribution in [0.5, 0.6) is 0 Å². The van der Waals surface area contributed by atoms with E-state index in [0.717, 1.165) is 38.0 Å². The number of hydrogen-bond donors (Lipinski definition) is 0. The van der Waals surface area contributed by atoms with Crippen LogP contribution >= 0.6 is 0 Å². The summed E-state index contributed by atoms with van der Waals surface area (Å²) in [7, 11) is 0. The second kappa shape index (κ2) is 13.3. The fourth-order valence-corrected chi connectivity index (χ4v) is 4.52. The second-order valence-corrected chi connectivity index (χ2v) is 11.4. The molecule has 0 bridgehead atoms. The molecule has 0 aromatic carbocycles. The van der Waals surface area contributed by atoms with Crippen molar-refractivity contribution in [3.63, 3.8) is 0 Å². The number of carbonyl (C=O) groups is 2. The van der Waals surface area contributed by atoms with Crippen LogP contribution in [0.1, 0.15) is 106 Å². The summed E-state index contributed by atoms with van der Waals surface area (Å²) in [5.74, 6) is 0.216. The van der Waals surface area contributed by atoms with Crippen LogP contribution in [0.25, 0.3) is 0 Å². The molecule has 0 aromatic heterocycles. The molecule has 0 aliphatic heterocycles. The molecule has 4 nitrogen and oxygen atoms in total. The molecule has 1 aliphatic rings. The van der Waals surface area contributed by atoms with Gasteiger partial charge in [-0.25, -0.2) is 0 Å². The van der Waals surface area contributed by atoms with E-state index >= 15 is 0 Å². The lowest BCUT2D eigenvalue weighted by Crippen LogP contribution is -2.42. The van der Waals surface area contributed by atoms with Crippen molar-refractivity contribution in [1.29, 1.82) is 0 Å². The van der Waals surface area contributed by atoms with Crippen LogP contribution in [-0.4, -0.2) is 25.2 Å². The van der Waals surface area contributed by atoms with E-state index in [1.165, 1.54) is 19.3 Å². The zero-order chi connectivity index (χ0) is 23.5. The van der Waals surface area contributed by atoms with Gasteiger partial charge in [-0.3, -0.25) is 9.59 Å². The first-order valence-electron chi connectivity index (χ1n) is 12.5. The van der Waals surface area contributed by atoms with Gasteiger partial charge in [0, 0.05) is 0 Å². The average molecular weight is 437 g/mol. The largest absolute Gasteiger partial charge is 0.465 e. The molecule has 3 atom stereocenters. The first-order valence-corrected chi connectivity index (χ1v) is 12.5. The predicted octanol–water partition coefficient (Wildman–Crippen LogP) is 7.11. The second-order valence-electron chi connectivity index (χ2n) is 11.4. The first kappa shape index (κ1) is 27.7. The number of rotatable bonds is 13. The van der Waals surface area contributed by atoms with Gasteiger partial charge in [0.1, 0.15) is 0 Å². The molecule has 0 saturated heterocycles. The summed E-state index contributed by atoms with van der Waals surface area (Å²) >= 11 is 0. The Balaban J connectivity index is 2.46. The zero-order valence-corrected chi connectivity index (χ0v) is 21.3. The molecular formula is C27H48O4. The van der Waals surface area contributed by atoms with Gasteiger partial charge >= 0.3 is 11.9 Å². The molecule has 180 valence electrons. The Hall–Kier alpha value is -1.32. The Bertz CT molecular complexity index is 572. The topological polar surface area (TPSA) is 52.6 Å². The first-order chi connectivity index (χ1) is 14.5. The molecule has 3 unspecified atom stereocenters. The number of allylic oxidation sites excluding steroid dienone is 1. The number of unbranched alkanes of at least 4 members (excludes halogenated alkanes) is 3. The van der Waals surface area contributed by atoms with Crippen LogP contribution < -0.4 is 0 Å². The maximum absolute atomic E-state index is 12.9. The molecule has 0 fully saturated rings. The molecule has 0 spiro atoms. The van der Waals surface area contributed by atoms with Crippen LogP contribution in [-0.2, 0) is 19.1 Å². The summed E-state index contributed by atoms with van der Waals surface area (Å²) in [6.07, 6.45) is 12.8. The minimum atomic E-state index is -0.927. The van der Waals surface area contributed by atoms with Crippen LogP contribution in [0.4, 0.5) is 0 Å². The summed E-state index contributed by atoms with van der Waals surface area (Å²) < 4.78 is 11.2. The lowest BCUT2D eigenvalue weighted by molar-refractivity contribution is -0.166. The fraction of sp³-hybridized carbons (Fsp3) is 0.852. The monoisotopic (exact) mass is 436 g/mol. The van der Waals surface area contributed by atoms with Crippen molar-refractivity contribution in [1.82, 2.24) is 0 Å². The van der Waals surface area contributed by atoms with Gasteiger partial charge in [0.05, 0.1) is 24.5 Å². The van der Waals surface area contributed by atoms with Gasteiger partial charge in [0.15, 0.2) is 0 Å². The van der Waals surface area contributed by atoms with E-state index in [1.807, 2.05) is 19.1 Å². The Labute approximate surface area is 191 Å². The summed E-state index contributed by atoms with van der Waals surface area (Å²) in [6.45, 7) is 16.0. The van der Waals surface area contributed by atoms with Crippen molar-refractivity contribution < 1.29 is 19.1 Å². The molecule has 0 amide bonds. The highest BCUT2D eigenvalue weighted by Crippen LogP contribution is 2.39. The lowest BCUT2D eigenvalue weighted by Gasteiger charge is -2.34. The molecular weight excluding hydrogens is 388 g/mol. The smallest absolute Gasteiger partial charge is 0.316 e. The predicted molar refractivity (Wildman–Crippen MR) is 128 cm³/mol. The van der Waals surface area contributed by atoms with Crippen molar-refractivity contribution >= 4 is 11.9 Å². The SMILES string of the molecule is CC(C)CCCCCCOC(=O)C1(C)C=CCCC1C(=O)OCCC(C)CC(C)(C)C. The third-order valence-electron chi connectivity index (χ3n) is 6.26. The standard InChI is InChI=1S/C27H48O4/c1-21(2)14-10-8-9-13-18-31-25(29)27(7)17-12-11-15-23(27)24(28)30-19-16-22(3)20-26(4,5)6/h12,17,21-23H,8-11,13-16,18-20H2,1-7H3. The Morgan fingerprint density at radius 1 is 1.00 bits per heavy atom. The van der Waals surface area contributed by atoms with E-state index in [9.17, 15) is 9.59 Å². The van der Waals surface area contributed by atoms with E-state index in [0.29, 0.717) is 25.6 Å². The minimum Gasteiger partial charge on any atom is -0.465 e. The molecule has 4 heteroatoms. The van der Waals surface area contributed by atoms with Crippen LogP contribution in [0.3, 0.4) is 0 Å². The fourth-order valence-electron chi connectivity index (χ4n) is 4.52. The van der Waals surface area contributed by atoms with Crippen molar-refractivity contribution in [3.05, 3.63) is 12.2 Å². The summed E-state index contributed by atoms with van der Waals surface area (Å²) in [5, 5.41) is 0. The highest BCUT2D eigenvalue weighted by molar-refractivity contribution is 5.87. The van der Waals surface area contributed by atoms with E-state index in [4.69, 9.17) is 9.47 Å².